The second kappa shape index (κ2) is 13.6. The van der Waals surface area contributed by atoms with Gasteiger partial charge in [0.1, 0.15) is 18.1 Å². The molecule has 0 radical (unpaired) electrons. The van der Waals surface area contributed by atoms with Gasteiger partial charge in [0.25, 0.3) is 5.78 Å². The van der Waals surface area contributed by atoms with E-state index in [1.165, 1.54) is 28.0 Å². The zero-order valence-electron chi connectivity index (χ0n) is 23.8. The van der Waals surface area contributed by atoms with Crippen molar-refractivity contribution in [2.75, 3.05) is 4.90 Å². The van der Waals surface area contributed by atoms with Gasteiger partial charge < -0.3 is 9.84 Å². The molecule has 4 aromatic carbocycles. The fourth-order valence-corrected chi connectivity index (χ4v) is 7.32. The quantitative estimate of drug-likeness (QED) is 0.0536. The molecule has 1 saturated heterocycles. The zero-order chi connectivity index (χ0) is 31.5. The van der Waals surface area contributed by atoms with Gasteiger partial charge >= 0.3 is 5.91 Å². The van der Waals surface area contributed by atoms with E-state index in [-0.39, 0.29) is 16.5 Å². The van der Waals surface area contributed by atoms with Gasteiger partial charge in [0.2, 0.25) is 5.13 Å². The summed E-state index contributed by atoms with van der Waals surface area (Å²) in [5.41, 5.74) is 4.13. The molecule has 6 rings (SSSR count). The van der Waals surface area contributed by atoms with E-state index >= 15 is 0 Å². The number of Topliss-reactive ketones (excluding diaryl/α,β-unsaturated/α-hetero) is 1. The Kier molecular flexibility index (Phi) is 9.37. The Morgan fingerprint density at radius 1 is 0.956 bits per heavy atom. The molecule has 7 nitrogen and oxygen atoms in total. The average molecular weight is 719 g/mol. The molecule has 0 aliphatic carbocycles. The number of benzene rings is 4. The lowest BCUT2D eigenvalue weighted by Crippen LogP contribution is -2.29. The molecule has 1 amide bonds. The fourth-order valence-electron chi connectivity index (χ4n) is 4.90. The molecule has 1 atom stereocenters. The number of nitrogens with zero attached hydrogens (tertiary/aromatic N) is 3. The van der Waals surface area contributed by atoms with Crippen LogP contribution in [0.5, 0.6) is 5.75 Å². The summed E-state index contributed by atoms with van der Waals surface area (Å²) in [5, 5.41) is 21.0. The number of carbonyl (C=O) groups excluding carboxylic acids is 2. The summed E-state index contributed by atoms with van der Waals surface area (Å²) in [6, 6.07) is 28.7. The standard InChI is InChI=1S/C34H25BrClN3O4S2/c1-20-6-2-3-7-23(20)18-43-26-16-12-22(13-17-26)30(40)28-29(21-10-14-25(35)15-11-21)39(32(42)31(28)41)33-37-38-34(45-33)44-19-24-8-4-5-9-27(24)36/h2-17,29,40H,18-19H2,1H3. The molecule has 0 bridgehead atoms. The molecule has 2 heterocycles. The van der Waals surface area contributed by atoms with Gasteiger partial charge in [0.05, 0.1) is 11.6 Å². The topological polar surface area (TPSA) is 92.6 Å². The first-order valence-electron chi connectivity index (χ1n) is 13.8. The number of aromatic nitrogens is 2. The van der Waals surface area contributed by atoms with Crippen LogP contribution in [-0.4, -0.2) is 27.0 Å². The maximum Gasteiger partial charge on any atom is 0.301 e. The first-order chi connectivity index (χ1) is 21.8. The SMILES string of the molecule is Cc1ccccc1COc1ccc(C(O)=C2C(=O)C(=O)N(c3nnc(SCc4ccccc4Cl)s3)C2c2ccc(Br)cc2)cc1. The van der Waals surface area contributed by atoms with Gasteiger partial charge in [-0.2, -0.15) is 0 Å². The summed E-state index contributed by atoms with van der Waals surface area (Å²) in [7, 11) is 0. The van der Waals surface area contributed by atoms with Crippen LogP contribution in [0.1, 0.15) is 33.9 Å². The lowest BCUT2D eigenvalue weighted by Gasteiger charge is -2.22. The van der Waals surface area contributed by atoms with Crippen molar-refractivity contribution in [2.24, 2.45) is 0 Å². The number of aliphatic hydroxyl groups is 1. The van der Waals surface area contributed by atoms with Gasteiger partial charge in [0.15, 0.2) is 4.34 Å². The molecular weight excluding hydrogens is 694 g/mol. The van der Waals surface area contributed by atoms with Crippen molar-refractivity contribution in [1.29, 1.82) is 0 Å². The number of ether oxygens (including phenoxy) is 1. The predicted octanol–water partition coefficient (Wildman–Crippen LogP) is 8.76. The Hall–Kier alpha value is -3.96. The number of rotatable bonds is 9. The summed E-state index contributed by atoms with van der Waals surface area (Å²) in [5.74, 6) is -0.710. The van der Waals surface area contributed by atoms with Crippen molar-refractivity contribution in [3.63, 3.8) is 0 Å². The van der Waals surface area contributed by atoms with Crippen molar-refractivity contribution >= 4 is 73.2 Å². The van der Waals surface area contributed by atoms with E-state index in [9.17, 15) is 14.7 Å². The summed E-state index contributed by atoms with van der Waals surface area (Å²) >= 11 is 12.4. The first kappa shape index (κ1) is 31.0. The molecule has 0 spiro atoms. The Balaban J connectivity index is 1.30. The van der Waals surface area contributed by atoms with E-state index in [1.807, 2.05) is 67.6 Å². The van der Waals surface area contributed by atoms with Gasteiger partial charge in [-0.25, -0.2) is 0 Å². The number of hydrogen-bond acceptors (Lipinski definition) is 8. The normalized spacial score (nSPS) is 15.9. The van der Waals surface area contributed by atoms with E-state index < -0.39 is 17.7 Å². The average Bonchev–Trinajstić information content (AvgIpc) is 3.62. The third kappa shape index (κ3) is 6.69. The minimum absolute atomic E-state index is 0.0311. The number of amides is 1. The van der Waals surface area contributed by atoms with Crippen LogP contribution in [0.2, 0.25) is 5.02 Å². The molecule has 5 aromatic rings. The van der Waals surface area contributed by atoms with Crippen LogP contribution >= 0.6 is 50.6 Å². The van der Waals surface area contributed by atoms with Crippen LogP contribution in [0.25, 0.3) is 5.76 Å². The van der Waals surface area contributed by atoms with E-state index in [1.54, 1.807) is 36.4 Å². The number of anilines is 1. The minimum atomic E-state index is -0.913. The number of ketones is 1. The highest BCUT2D eigenvalue weighted by Crippen LogP contribution is 2.44. The summed E-state index contributed by atoms with van der Waals surface area (Å²) in [4.78, 5) is 28.4. The molecule has 11 heteroatoms. The predicted molar refractivity (Wildman–Crippen MR) is 182 cm³/mol. The van der Waals surface area contributed by atoms with Crippen LogP contribution in [0.3, 0.4) is 0 Å². The highest BCUT2D eigenvalue weighted by Gasteiger charge is 2.48. The van der Waals surface area contributed by atoms with Gasteiger partial charge in [-0.05, 0) is 71.6 Å². The molecule has 0 saturated carbocycles. The van der Waals surface area contributed by atoms with Crippen LogP contribution < -0.4 is 9.64 Å². The Morgan fingerprint density at radius 3 is 2.36 bits per heavy atom. The third-order valence-electron chi connectivity index (χ3n) is 7.32. The number of aryl methyl sites for hydroxylation is 1. The van der Waals surface area contributed by atoms with E-state index in [0.717, 1.165) is 21.2 Å². The largest absolute Gasteiger partial charge is 0.507 e. The second-order valence-electron chi connectivity index (χ2n) is 10.2. The first-order valence-corrected chi connectivity index (χ1v) is 16.8. The van der Waals surface area contributed by atoms with Crippen molar-refractivity contribution < 1.29 is 19.4 Å². The Bertz CT molecular complexity index is 1910. The molecule has 226 valence electrons. The van der Waals surface area contributed by atoms with E-state index in [0.29, 0.717) is 38.6 Å². The number of thioether (sulfide) groups is 1. The second-order valence-corrected chi connectivity index (χ2v) is 13.7. The van der Waals surface area contributed by atoms with Gasteiger partial charge in [-0.3, -0.25) is 14.5 Å². The summed E-state index contributed by atoms with van der Waals surface area (Å²) in [6.45, 7) is 2.42. The Labute approximate surface area is 281 Å². The highest BCUT2D eigenvalue weighted by atomic mass is 79.9. The molecule has 1 unspecified atom stereocenters. The summed E-state index contributed by atoms with van der Waals surface area (Å²) < 4.78 is 7.40. The van der Waals surface area contributed by atoms with Crippen molar-refractivity contribution in [3.8, 4) is 5.75 Å². The zero-order valence-corrected chi connectivity index (χ0v) is 27.8. The van der Waals surface area contributed by atoms with Crippen molar-refractivity contribution in [3.05, 3.63) is 140 Å². The summed E-state index contributed by atoms with van der Waals surface area (Å²) in [6.07, 6.45) is 0. The van der Waals surface area contributed by atoms with Crippen LogP contribution in [0.15, 0.2) is 111 Å². The van der Waals surface area contributed by atoms with Gasteiger partial charge in [-0.1, -0.05) is 105 Å². The molecule has 1 fully saturated rings. The number of carbonyl (C=O) groups is 2. The molecule has 1 N–H and O–H groups in total. The number of hydrogen-bond donors (Lipinski definition) is 1. The minimum Gasteiger partial charge on any atom is -0.507 e. The lowest BCUT2D eigenvalue weighted by molar-refractivity contribution is -0.132. The van der Waals surface area contributed by atoms with Crippen molar-refractivity contribution in [1.82, 2.24) is 10.2 Å². The maximum absolute atomic E-state index is 13.6. The van der Waals surface area contributed by atoms with Gasteiger partial charge in [-0.15, -0.1) is 10.2 Å². The van der Waals surface area contributed by atoms with E-state index in [4.69, 9.17) is 16.3 Å². The van der Waals surface area contributed by atoms with Crippen LogP contribution in [-0.2, 0) is 21.9 Å². The van der Waals surface area contributed by atoms with Crippen LogP contribution in [0, 0.1) is 6.92 Å². The van der Waals surface area contributed by atoms with Gasteiger partial charge in [0, 0.05) is 20.8 Å². The highest BCUT2D eigenvalue weighted by molar-refractivity contribution is 9.10. The fraction of sp³-hybridized carbons (Fsp3) is 0.118. The number of halogens is 2. The monoisotopic (exact) mass is 717 g/mol. The van der Waals surface area contributed by atoms with E-state index in [2.05, 4.69) is 26.1 Å². The number of aliphatic hydroxyl groups excluding tert-OH is 1. The molecule has 1 aromatic heterocycles. The van der Waals surface area contributed by atoms with Crippen molar-refractivity contribution in [2.45, 2.75) is 29.7 Å². The molecule has 1 aliphatic rings. The molecular formula is C34H25BrClN3O4S2. The molecule has 1 aliphatic heterocycles. The smallest absolute Gasteiger partial charge is 0.301 e. The Morgan fingerprint density at radius 2 is 1.64 bits per heavy atom. The van der Waals surface area contributed by atoms with Crippen LogP contribution in [0.4, 0.5) is 5.13 Å². The molecule has 45 heavy (non-hydrogen) atoms. The third-order valence-corrected chi connectivity index (χ3v) is 10.3. The maximum atomic E-state index is 13.6. The lowest BCUT2D eigenvalue weighted by atomic mass is 9.95.